The van der Waals surface area contributed by atoms with Gasteiger partial charge in [-0.2, -0.15) is 0 Å². The molecule has 1 nitrogen and oxygen atoms in total. The lowest BCUT2D eigenvalue weighted by Gasteiger charge is -2.22. The summed E-state index contributed by atoms with van der Waals surface area (Å²) in [5, 5.41) is 3.47. The highest BCUT2D eigenvalue weighted by molar-refractivity contribution is 9.10. The summed E-state index contributed by atoms with van der Waals surface area (Å²) in [6.45, 7) is 4.55. The fourth-order valence-corrected chi connectivity index (χ4v) is 4.36. The number of hydrogen-bond donors (Lipinski definition) is 1. The zero-order valence-electron chi connectivity index (χ0n) is 9.51. The van der Waals surface area contributed by atoms with Crippen molar-refractivity contribution in [2.24, 2.45) is 11.8 Å². The molecule has 0 aromatic carbocycles. The van der Waals surface area contributed by atoms with Gasteiger partial charge in [0.2, 0.25) is 0 Å². The molecule has 15 heavy (non-hydrogen) atoms. The zero-order chi connectivity index (χ0) is 11.0. The van der Waals surface area contributed by atoms with E-state index in [-0.39, 0.29) is 0 Å². The van der Waals surface area contributed by atoms with E-state index in [2.05, 4.69) is 48.2 Å². The van der Waals surface area contributed by atoms with Crippen LogP contribution in [0.5, 0.6) is 0 Å². The molecule has 0 bridgehead atoms. The average molecular weight is 288 g/mol. The van der Waals surface area contributed by atoms with Gasteiger partial charge < -0.3 is 5.32 Å². The molecule has 0 radical (unpaired) electrons. The maximum atomic E-state index is 3.67. The smallest absolute Gasteiger partial charge is 0.0452 e. The van der Waals surface area contributed by atoms with Crippen molar-refractivity contribution < 1.29 is 0 Å². The first-order valence-corrected chi connectivity index (χ1v) is 7.17. The molecule has 0 saturated heterocycles. The van der Waals surface area contributed by atoms with E-state index in [9.17, 15) is 0 Å². The minimum Gasteiger partial charge on any atom is -0.312 e. The molecule has 1 aromatic heterocycles. The van der Waals surface area contributed by atoms with Crippen molar-refractivity contribution in [1.29, 1.82) is 0 Å². The minimum absolute atomic E-state index is 0.519. The monoisotopic (exact) mass is 287 g/mol. The first-order valence-electron chi connectivity index (χ1n) is 5.56. The molecule has 1 aliphatic carbocycles. The van der Waals surface area contributed by atoms with E-state index in [1.807, 2.05) is 11.3 Å². The van der Waals surface area contributed by atoms with Crippen LogP contribution in [0.25, 0.3) is 0 Å². The Balaban J connectivity index is 2.21. The standard InChI is InChI=1S/C12H18BrNS/c1-7-6-10(13)12(15-7)11(14-3)8(2)9-4-5-9/h6,8-9,11,14H,4-5H2,1-3H3. The second-order valence-corrected chi connectivity index (χ2v) is 6.67. The largest absolute Gasteiger partial charge is 0.312 e. The van der Waals surface area contributed by atoms with Crippen molar-refractivity contribution in [3.8, 4) is 0 Å². The van der Waals surface area contributed by atoms with E-state index in [0.29, 0.717) is 6.04 Å². The molecule has 2 rings (SSSR count). The highest BCUT2D eigenvalue weighted by Gasteiger charge is 2.34. The third-order valence-electron chi connectivity index (χ3n) is 3.32. The van der Waals surface area contributed by atoms with Crippen molar-refractivity contribution in [3.05, 3.63) is 20.3 Å². The van der Waals surface area contributed by atoms with E-state index in [0.717, 1.165) is 11.8 Å². The zero-order valence-corrected chi connectivity index (χ0v) is 11.9. The van der Waals surface area contributed by atoms with Gasteiger partial charge in [0.25, 0.3) is 0 Å². The SMILES string of the molecule is CNC(c1sc(C)cc1Br)C(C)C1CC1. The molecule has 0 aliphatic heterocycles. The Hall–Kier alpha value is 0.140. The quantitative estimate of drug-likeness (QED) is 0.878. The molecule has 0 spiro atoms. The molecule has 1 fully saturated rings. The van der Waals surface area contributed by atoms with Crippen LogP contribution >= 0.6 is 27.3 Å². The summed E-state index contributed by atoms with van der Waals surface area (Å²) in [5.41, 5.74) is 0. The maximum absolute atomic E-state index is 3.67. The van der Waals surface area contributed by atoms with Gasteiger partial charge in [0.15, 0.2) is 0 Å². The maximum Gasteiger partial charge on any atom is 0.0452 e. The van der Waals surface area contributed by atoms with Gasteiger partial charge in [0, 0.05) is 20.3 Å². The van der Waals surface area contributed by atoms with Crippen molar-refractivity contribution in [1.82, 2.24) is 5.32 Å². The number of rotatable bonds is 4. The molecule has 3 heteroatoms. The summed E-state index contributed by atoms with van der Waals surface area (Å²) >= 11 is 5.58. The molecule has 84 valence electrons. The average Bonchev–Trinajstić information content (AvgIpc) is 2.95. The van der Waals surface area contributed by atoms with Gasteiger partial charge in [-0.05, 0) is 60.6 Å². The molecule has 1 aromatic rings. The molecular weight excluding hydrogens is 270 g/mol. The van der Waals surface area contributed by atoms with Crippen LogP contribution in [-0.4, -0.2) is 7.05 Å². The van der Waals surface area contributed by atoms with E-state index in [4.69, 9.17) is 0 Å². The predicted octanol–water partition coefficient (Wildman–Crippen LogP) is 4.13. The predicted molar refractivity (Wildman–Crippen MR) is 70.4 cm³/mol. The Labute approximate surface area is 104 Å². The Bertz CT molecular complexity index is 343. The van der Waals surface area contributed by atoms with Crippen LogP contribution < -0.4 is 5.32 Å². The molecule has 2 unspecified atom stereocenters. The lowest BCUT2D eigenvalue weighted by Crippen LogP contribution is -2.24. The fraction of sp³-hybridized carbons (Fsp3) is 0.667. The van der Waals surface area contributed by atoms with Gasteiger partial charge in [0.1, 0.15) is 0 Å². The number of nitrogens with one attached hydrogen (secondary N) is 1. The van der Waals surface area contributed by atoms with Crippen LogP contribution in [0.15, 0.2) is 10.5 Å². The first-order chi connectivity index (χ1) is 7.13. The molecule has 1 aliphatic rings. The Morgan fingerprint density at radius 1 is 1.53 bits per heavy atom. The van der Waals surface area contributed by atoms with E-state index in [1.54, 1.807) is 0 Å². The van der Waals surface area contributed by atoms with Crippen molar-refractivity contribution >= 4 is 27.3 Å². The van der Waals surface area contributed by atoms with Gasteiger partial charge in [-0.1, -0.05) is 6.92 Å². The van der Waals surface area contributed by atoms with Gasteiger partial charge in [0.05, 0.1) is 0 Å². The minimum atomic E-state index is 0.519. The van der Waals surface area contributed by atoms with E-state index >= 15 is 0 Å². The Kier molecular flexibility index (Phi) is 3.53. The summed E-state index contributed by atoms with van der Waals surface area (Å²) in [6, 6.07) is 2.75. The van der Waals surface area contributed by atoms with Gasteiger partial charge in [-0.3, -0.25) is 0 Å². The highest BCUT2D eigenvalue weighted by atomic mass is 79.9. The van der Waals surface area contributed by atoms with E-state index < -0.39 is 0 Å². The Morgan fingerprint density at radius 3 is 2.60 bits per heavy atom. The topological polar surface area (TPSA) is 12.0 Å². The Morgan fingerprint density at radius 2 is 2.20 bits per heavy atom. The van der Waals surface area contributed by atoms with Crippen LogP contribution in [-0.2, 0) is 0 Å². The number of aryl methyl sites for hydroxylation is 1. The highest BCUT2D eigenvalue weighted by Crippen LogP contribution is 2.45. The van der Waals surface area contributed by atoms with Crippen molar-refractivity contribution in [3.63, 3.8) is 0 Å². The second-order valence-electron chi connectivity index (χ2n) is 4.53. The summed E-state index contributed by atoms with van der Waals surface area (Å²) in [5.74, 6) is 1.70. The van der Waals surface area contributed by atoms with Crippen LogP contribution in [0.4, 0.5) is 0 Å². The van der Waals surface area contributed by atoms with Crippen LogP contribution in [0.3, 0.4) is 0 Å². The molecule has 2 atom stereocenters. The summed E-state index contributed by atoms with van der Waals surface area (Å²) in [7, 11) is 2.07. The van der Waals surface area contributed by atoms with Gasteiger partial charge in [-0.25, -0.2) is 0 Å². The van der Waals surface area contributed by atoms with E-state index in [1.165, 1.54) is 27.1 Å². The number of thiophene rings is 1. The van der Waals surface area contributed by atoms with Crippen LogP contribution in [0, 0.1) is 18.8 Å². The van der Waals surface area contributed by atoms with Crippen molar-refractivity contribution in [2.45, 2.75) is 32.7 Å². The molecule has 1 heterocycles. The van der Waals surface area contributed by atoms with Gasteiger partial charge >= 0.3 is 0 Å². The first kappa shape index (κ1) is 11.6. The number of hydrogen-bond acceptors (Lipinski definition) is 2. The summed E-state index contributed by atoms with van der Waals surface area (Å²) in [4.78, 5) is 2.86. The summed E-state index contributed by atoms with van der Waals surface area (Å²) in [6.07, 6.45) is 2.84. The molecule has 1 N–H and O–H groups in total. The molecular formula is C12H18BrNS. The number of halogens is 1. The summed E-state index contributed by atoms with van der Waals surface area (Å²) < 4.78 is 1.27. The normalized spacial score (nSPS) is 20.3. The second kappa shape index (κ2) is 4.56. The lowest BCUT2D eigenvalue weighted by molar-refractivity contribution is 0.373. The van der Waals surface area contributed by atoms with Gasteiger partial charge in [-0.15, -0.1) is 11.3 Å². The lowest BCUT2D eigenvalue weighted by atomic mass is 9.95. The molecule has 1 saturated carbocycles. The van der Waals surface area contributed by atoms with Crippen LogP contribution in [0.2, 0.25) is 0 Å². The third-order valence-corrected chi connectivity index (χ3v) is 5.37. The van der Waals surface area contributed by atoms with Crippen LogP contribution in [0.1, 0.15) is 35.6 Å². The fourth-order valence-electron chi connectivity index (χ4n) is 2.24. The molecule has 0 amide bonds. The third kappa shape index (κ3) is 2.45. The van der Waals surface area contributed by atoms with Crippen molar-refractivity contribution in [2.75, 3.05) is 7.05 Å².